The fraction of sp³-hybridized carbons (Fsp3) is 0.0667. The summed E-state index contributed by atoms with van der Waals surface area (Å²) < 4.78 is 0. The molecule has 1 aliphatic rings. The van der Waals surface area contributed by atoms with Gasteiger partial charge in [0.05, 0.1) is 0 Å². The predicted octanol–water partition coefficient (Wildman–Crippen LogP) is 1.36. The molecule has 0 heterocycles. The molecule has 0 saturated carbocycles. The van der Waals surface area contributed by atoms with Gasteiger partial charge in [0.1, 0.15) is 0 Å². The molecule has 4 heteroatoms. The molecule has 0 aromatic heterocycles. The summed E-state index contributed by atoms with van der Waals surface area (Å²) in [6, 6.07) is 9.25. The lowest BCUT2D eigenvalue weighted by molar-refractivity contribution is -0.114. The van der Waals surface area contributed by atoms with Crippen molar-refractivity contribution >= 4 is 28.7 Å². The van der Waals surface area contributed by atoms with Crippen molar-refractivity contribution in [2.75, 3.05) is 0 Å². The van der Waals surface area contributed by atoms with Crippen LogP contribution in [0.2, 0.25) is 0 Å². The Labute approximate surface area is 109 Å². The maximum atomic E-state index is 11.3. The number of fused-ring (bicyclic) bond motifs is 3. The first-order chi connectivity index (χ1) is 9.06. The summed E-state index contributed by atoms with van der Waals surface area (Å²) in [5.74, 6) is -0.865. The van der Waals surface area contributed by atoms with Gasteiger partial charge in [0.25, 0.3) is 0 Å². The Kier molecular flexibility index (Phi) is 2.38. The summed E-state index contributed by atoms with van der Waals surface area (Å²) in [6.45, 7) is 0. The van der Waals surface area contributed by atoms with E-state index >= 15 is 0 Å². The van der Waals surface area contributed by atoms with Crippen LogP contribution < -0.4 is 11.5 Å². The summed E-state index contributed by atoms with van der Waals surface area (Å²) >= 11 is 0. The minimum atomic E-state index is -0.458. The van der Waals surface area contributed by atoms with Gasteiger partial charge >= 0.3 is 0 Å². The predicted molar refractivity (Wildman–Crippen MR) is 73.3 cm³/mol. The molecular weight excluding hydrogens is 240 g/mol. The van der Waals surface area contributed by atoms with Crippen molar-refractivity contribution in [3.05, 3.63) is 52.6 Å². The highest BCUT2D eigenvalue weighted by Crippen LogP contribution is 2.32. The SMILES string of the molecule is NC(=O)C1=Cc2ccc3ccc(C(N)=O)cc3c2C1. The summed E-state index contributed by atoms with van der Waals surface area (Å²) in [4.78, 5) is 22.5. The minimum Gasteiger partial charge on any atom is -0.366 e. The summed E-state index contributed by atoms with van der Waals surface area (Å²) in [6.07, 6.45) is 2.30. The number of nitrogens with two attached hydrogens (primary N) is 2. The summed E-state index contributed by atoms with van der Waals surface area (Å²) in [5.41, 5.74) is 13.7. The van der Waals surface area contributed by atoms with Gasteiger partial charge in [0, 0.05) is 17.6 Å². The van der Waals surface area contributed by atoms with Gasteiger partial charge in [-0.05, 0) is 40.1 Å². The van der Waals surface area contributed by atoms with Crippen LogP contribution in [0.15, 0.2) is 35.9 Å². The minimum absolute atomic E-state index is 0.407. The number of carbonyl (C=O) groups is 2. The van der Waals surface area contributed by atoms with Gasteiger partial charge in [-0.1, -0.05) is 18.2 Å². The van der Waals surface area contributed by atoms with Crippen LogP contribution in [0.5, 0.6) is 0 Å². The number of rotatable bonds is 2. The third-order valence-electron chi connectivity index (χ3n) is 3.47. The lowest BCUT2D eigenvalue weighted by atomic mass is 9.98. The molecule has 0 bridgehead atoms. The first kappa shape index (κ1) is 11.5. The molecule has 2 amide bonds. The fourth-order valence-electron chi connectivity index (χ4n) is 2.47. The molecular formula is C15H12N2O2. The van der Waals surface area contributed by atoms with E-state index in [0.717, 1.165) is 21.9 Å². The van der Waals surface area contributed by atoms with Gasteiger partial charge in [-0.3, -0.25) is 9.59 Å². The Balaban J connectivity index is 2.21. The Bertz CT molecular complexity index is 760. The van der Waals surface area contributed by atoms with Gasteiger partial charge in [-0.25, -0.2) is 0 Å². The molecule has 3 rings (SSSR count). The topological polar surface area (TPSA) is 86.2 Å². The maximum Gasteiger partial charge on any atom is 0.248 e. The lowest BCUT2D eigenvalue weighted by Crippen LogP contribution is -2.13. The first-order valence-corrected chi connectivity index (χ1v) is 5.92. The third-order valence-corrected chi connectivity index (χ3v) is 3.47. The van der Waals surface area contributed by atoms with Crippen LogP contribution in [0.1, 0.15) is 21.5 Å². The zero-order chi connectivity index (χ0) is 13.6. The average molecular weight is 252 g/mol. The molecule has 0 spiro atoms. The molecule has 0 unspecified atom stereocenters. The van der Waals surface area contributed by atoms with Crippen molar-refractivity contribution in [3.8, 4) is 0 Å². The number of benzene rings is 2. The Hall–Kier alpha value is -2.62. The highest BCUT2D eigenvalue weighted by atomic mass is 16.1. The van der Waals surface area contributed by atoms with E-state index in [2.05, 4.69) is 0 Å². The van der Waals surface area contributed by atoms with Crippen LogP contribution in [0, 0.1) is 0 Å². The Morgan fingerprint density at radius 3 is 2.42 bits per heavy atom. The second-order valence-corrected chi connectivity index (χ2v) is 4.64. The van der Waals surface area contributed by atoms with Crippen molar-refractivity contribution in [2.45, 2.75) is 6.42 Å². The molecule has 19 heavy (non-hydrogen) atoms. The van der Waals surface area contributed by atoms with Crippen LogP contribution in [0.3, 0.4) is 0 Å². The number of hydrogen-bond acceptors (Lipinski definition) is 2. The first-order valence-electron chi connectivity index (χ1n) is 5.92. The normalized spacial score (nSPS) is 13.2. The van der Waals surface area contributed by atoms with Crippen molar-refractivity contribution in [1.29, 1.82) is 0 Å². The number of amides is 2. The van der Waals surface area contributed by atoms with Gasteiger partial charge in [-0.15, -0.1) is 0 Å². The molecule has 2 aromatic carbocycles. The second-order valence-electron chi connectivity index (χ2n) is 4.64. The van der Waals surface area contributed by atoms with E-state index in [9.17, 15) is 9.59 Å². The number of carbonyl (C=O) groups excluding carboxylic acids is 2. The molecule has 0 aliphatic heterocycles. The zero-order valence-electron chi connectivity index (χ0n) is 10.1. The standard InChI is InChI=1S/C15H12N2O2/c16-14(18)10-4-2-8-1-3-9-5-11(15(17)19)7-13(9)12(8)6-10/h1-6H,7H2,(H2,16,18)(H2,17,19). The summed E-state index contributed by atoms with van der Waals surface area (Å²) in [7, 11) is 0. The van der Waals surface area contributed by atoms with E-state index < -0.39 is 11.8 Å². The van der Waals surface area contributed by atoms with Crippen LogP contribution in [-0.4, -0.2) is 11.8 Å². The van der Waals surface area contributed by atoms with Crippen LogP contribution in [-0.2, 0) is 11.2 Å². The largest absolute Gasteiger partial charge is 0.366 e. The highest BCUT2D eigenvalue weighted by Gasteiger charge is 2.19. The number of hydrogen-bond donors (Lipinski definition) is 2. The molecule has 4 N–H and O–H groups in total. The van der Waals surface area contributed by atoms with Crippen molar-refractivity contribution < 1.29 is 9.59 Å². The maximum absolute atomic E-state index is 11.3. The highest BCUT2D eigenvalue weighted by molar-refractivity contribution is 6.04. The fourth-order valence-corrected chi connectivity index (χ4v) is 2.47. The van der Waals surface area contributed by atoms with Gasteiger partial charge < -0.3 is 11.5 Å². The smallest absolute Gasteiger partial charge is 0.248 e. The van der Waals surface area contributed by atoms with E-state index in [1.165, 1.54) is 0 Å². The molecule has 0 fully saturated rings. The molecule has 0 saturated heterocycles. The second kappa shape index (κ2) is 3.95. The zero-order valence-corrected chi connectivity index (χ0v) is 10.1. The van der Waals surface area contributed by atoms with E-state index in [1.807, 2.05) is 18.2 Å². The monoisotopic (exact) mass is 252 g/mol. The van der Waals surface area contributed by atoms with E-state index in [4.69, 9.17) is 11.5 Å². The van der Waals surface area contributed by atoms with E-state index in [1.54, 1.807) is 18.2 Å². The quantitative estimate of drug-likeness (QED) is 0.845. The van der Waals surface area contributed by atoms with Gasteiger partial charge in [0.15, 0.2) is 0 Å². The lowest BCUT2D eigenvalue weighted by Gasteiger charge is -2.07. The third kappa shape index (κ3) is 1.78. The molecule has 0 atom stereocenters. The Morgan fingerprint density at radius 2 is 1.74 bits per heavy atom. The van der Waals surface area contributed by atoms with Gasteiger partial charge in [-0.2, -0.15) is 0 Å². The summed E-state index contributed by atoms with van der Waals surface area (Å²) in [5, 5.41) is 1.96. The van der Waals surface area contributed by atoms with Crippen LogP contribution >= 0.6 is 0 Å². The van der Waals surface area contributed by atoms with E-state index in [-0.39, 0.29) is 0 Å². The Morgan fingerprint density at radius 1 is 1.00 bits per heavy atom. The molecule has 1 aliphatic carbocycles. The average Bonchev–Trinajstić information content (AvgIpc) is 2.82. The number of primary amides is 2. The van der Waals surface area contributed by atoms with Crippen LogP contribution in [0.25, 0.3) is 16.8 Å². The van der Waals surface area contributed by atoms with Crippen molar-refractivity contribution in [1.82, 2.24) is 0 Å². The molecule has 2 aromatic rings. The molecule has 0 radical (unpaired) electrons. The molecule has 94 valence electrons. The van der Waals surface area contributed by atoms with Gasteiger partial charge in [0.2, 0.25) is 11.8 Å². The van der Waals surface area contributed by atoms with Crippen molar-refractivity contribution in [3.63, 3.8) is 0 Å². The van der Waals surface area contributed by atoms with Crippen molar-refractivity contribution in [2.24, 2.45) is 11.5 Å². The van der Waals surface area contributed by atoms with Crippen LogP contribution in [0.4, 0.5) is 0 Å². The molecule has 4 nitrogen and oxygen atoms in total. The van der Waals surface area contributed by atoms with E-state index in [0.29, 0.717) is 17.6 Å².